The predicted octanol–water partition coefficient (Wildman–Crippen LogP) is 1.96. The van der Waals surface area contributed by atoms with Gasteiger partial charge in [-0.15, -0.1) is 0 Å². The summed E-state index contributed by atoms with van der Waals surface area (Å²) in [6.07, 6.45) is 0.348. The van der Waals surface area contributed by atoms with Crippen LogP contribution >= 0.6 is 22.6 Å². The van der Waals surface area contributed by atoms with Crippen molar-refractivity contribution in [1.29, 1.82) is 0 Å². The fraction of sp³-hybridized carbons (Fsp3) is 0.222. The van der Waals surface area contributed by atoms with Gasteiger partial charge in [0.05, 0.1) is 6.61 Å². The number of phenols is 1. The van der Waals surface area contributed by atoms with Gasteiger partial charge in [0.15, 0.2) is 5.78 Å². The van der Waals surface area contributed by atoms with Crippen molar-refractivity contribution in [2.45, 2.75) is 6.42 Å². The quantitative estimate of drug-likeness (QED) is 0.743. The number of carbonyl (C=O) groups is 1. The second-order valence-electron chi connectivity index (χ2n) is 2.82. The average molecular weight is 290 g/mol. The van der Waals surface area contributed by atoms with E-state index in [1.807, 2.05) is 0 Å². The molecular formula is C9H7IO3. The average Bonchev–Trinajstić information content (AvgIpc) is 2.02. The van der Waals surface area contributed by atoms with E-state index >= 15 is 0 Å². The summed E-state index contributed by atoms with van der Waals surface area (Å²) in [6, 6.07) is 3.32. The Morgan fingerprint density at radius 3 is 3.00 bits per heavy atom. The molecule has 0 saturated heterocycles. The zero-order chi connectivity index (χ0) is 9.42. The maximum atomic E-state index is 11.4. The van der Waals surface area contributed by atoms with Crippen LogP contribution in [0.5, 0.6) is 11.5 Å². The van der Waals surface area contributed by atoms with Gasteiger partial charge in [-0.25, -0.2) is 0 Å². The number of hydrogen-bond acceptors (Lipinski definition) is 3. The highest BCUT2D eigenvalue weighted by molar-refractivity contribution is 14.1. The molecule has 1 N–H and O–H groups in total. The molecule has 13 heavy (non-hydrogen) atoms. The Morgan fingerprint density at radius 2 is 2.23 bits per heavy atom. The van der Waals surface area contributed by atoms with E-state index in [-0.39, 0.29) is 11.5 Å². The number of fused-ring (bicyclic) bond motifs is 1. The molecule has 2 rings (SSSR count). The number of benzene rings is 1. The van der Waals surface area contributed by atoms with Crippen LogP contribution in [0.4, 0.5) is 0 Å². The van der Waals surface area contributed by atoms with Gasteiger partial charge in [-0.05, 0) is 34.7 Å². The van der Waals surface area contributed by atoms with Crippen molar-refractivity contribution in [1.82, 2.24) is 0 Å². The van der Waals surface area contributed by atoms with Gasteiger partial charge in [0.1, 0.15) is 17.1 Å². The topological polar surface area (TPSA) is 46.5 Å². The lowest BCUT2D eigenvalue weighted by Crippen LogP contribution is -2.15. The Kier molecular flexibility index (Phi) is 2.15. The molecule has 3 nitrogen and oxygen atoms in total. The number of halogens is 1. The van der Waals surface area contributed by atoms with Crippen LogP contribution in [0.2, 0.25) is 0 Å². The second kappa shape index (κ2) is 3.17. The number of carbonyl (C=O) groups excluding carboxylic acids is 1. The Balaban J connectivity index is 2.63. The number of phenolic OH excluding ortho intramolecular Hbond substituents is 1. The highest BCUT2D eigenvalue weighted by Crippen LogP contribution is 2.33. The van der Waals surface area contributed by atoms with Crippen LogP contribution in [0.15, 0.2) is 12.1 Å². The summed E-state index contributed by atoms with van der Waals surface area (Å²) in [7, 11) is 0. The van der Waals surface area contributed by atoms with Crippen molar-refractivity contribution >= 4 is 28.4 Å². The molecule has 0 atom stereocenters. The Bertz CT molecular complexity index is 373. The molecule has 1 aliphatic heterocycles. The summed E-state index contributed by atoms with van der Waals surface area (Å²) in [5.74, 6) is 0.474. The third-order valence-corrected chi connectivity index (χ3v) is 2.53. The highest BCUT2D eigenvalue weighted by atomic mass is 127. The smallest absolute Gasteiger partial charge is 0.173 e. The predicted molar refractivity (Wildman–Crippen MR) is 55.3 cm³/mol. The summed E-state index contributed by atoms with van der Waals surface area (Å²) in [5, 5.41) is 9.50. The van der Waals surface area contributed by atoms with Crippen LogP contribution in [-0.2, 0) is 0 Å². The molecule has 0 aliphatic carbocycles. The largest absolute Gasteiger partial charge is 0.507 e. The number of ketones is 1. The van der Waals surface area contributed by atoms with Gasteiger partial charge in [0.25, 0.3) is 0 Å². The maximum Gasteiger partial charge on any atom is 0.173 e. The standard InChI is InChI=1S/C9H7IO3/c10-5-3-7(12)9-6(11)1-2-13-8(9)4-5/h3-4,12H,1-2H2. The summed E-state index contributed by atoms with van der Waals surface area (Å²) in [5.41, 5.74) is 0.326. The van der Waals surface area contributed by atoms with Crippen LogP contribution in [0, 0.1) is 3.57 Å². The van der Waals surface area contributed by atoms with E-state index in [4.69, 9.17) is 4.74 Å². The first-order chi connectivity index (χ1) is 6.18. The zero-order valence-electron chi connectivity index (χ0n) is 6.71. The zero-order valence-corrected chi connectivity index (χ0v) is 8.87. The van der Waals surface area contributed by atoms with Crippen molar-refractivity contribution in [3.63, 3.8) is 0 Å². The third kappa shape index (κ3) is 1.50. The number of aromatic hydroxyl groups is 1. The van der Waals surface area contributed by atoms with Crippen LogP contribution in [-0.4, -0.2) is 17.5 Å². The molecule has 0 fully saturated rings. The van der Waals surface area contributed by atoms with Crippen molar-refractivity contribution in [2.75, 3.05) is 6.61 Å². The molecular weight excluding hydrogens is 283 g/mol. The molecule has 0 radical (unpaired) electrons. The van der Waals surface area contributed by atoms with Crippen LogP contribution in [0.1, 0.15) is 16.8 Å². The lowest BCUT2D eigenvalue weighted by atomic mass is 10.0. The minimum absolute atomic E-state index is 0.0200. The van der Waals surface area contributed by atoms with Crippen molar-refractivity contribution in [3.05, 3.63) is 21.3 Å². The van der Waals surface area contributed by atoms with Gasteiger partial charge in [-0.3, -0.25) is 4.79 Å². The van der Waals surface area contributed by atoms with E-state index in [0.717, 1.165) is 3.57 Å². The molecule has 1 heterocycles. The minimum atomic E-state index is -0.0462. The number of ether oxygens (including phenoxy) is 1. The molecule has 0 amide bonds. The van der Waals surface area contributed by atoms with Gasteiger partial charge in [-0.1, -0.05) is 0 Å². The van der Waals surface area contributed by atoms with Gasteiger partial charge in [-0.2, -0.15) is 0 Å². The van der Waals surface area contributed by atoms with Gasteiger partial charge >= 0.3 is 0 Å². The Morgan fingerprint density at radius 1 is 1.46 bits per heavy atom. The Hall–Kier alpha value is -0.780. The second-order valence-corrected chi connectivity index (χ2v) is 4.07. The first-order valence-electron chi connectivity index (χ1n) is 3.87. The van der Waals surface area contributed by atoms with E-state index in [0.29, 0.717) is 24.3 Å². The lowest BCUT2D eigenvalue weighted by molar-refractivity contribution is 0.0930. The van der Waals surface area contributed by atoms with E-state index in [9.17, 15) is 9.90 Å². The first-order valence-corrected chi connectivity index (χ1v) is 4.95. The van der Waals surface area contributed by atoms with E-state index in [1.54, 1.807) is 12.1 Å². The molecule has 1 aromatic rings. The van der Waals surface area contributed by atoms with Crippen molar-refractivity contribution in [3.8, 4) is 11.5 Å². The fourth-order valence-electron chi connectivity index (χ4n) is 1.34. The van der Waals surface area contributed by atoms with Gasteiger partial charge < -0.3 is 9.84 Å². The molecule has 4 heteroatoms. The first kappa shape index (κ1) is 8.80. The molecule has 0 bridgehead atoms. The monoisotopic (exact) mass is 290 g/mol. The van der Waals surface area contributed by atoms with Crippen molar-refractivity contribution < 1.29 is 14.6 Å². The van der Waals surface area contributed by atoms with Gasteiger partial charge in [0.2, 0.25) is 0 Å². The summed E-state index contributed by atoms with van der Waals surface area (Å²) in [4.78, 5) is 11.4. The summed E-state index contributed by atoms with van der Waals surface area (Å²) < 4.78 is 6.13. The number of rotatable bonds is 0. The Labute approximate surface area is 88.9 Å². The molecule has 1 aromatic carbocycles. The number of Topliss-reactive ketones (excluding diaryl/α,β-unsaturated/α-hetero) is 1. The van der Waals surface area contributed by atoms with Gasteiger partial charge in [0, 0.05) is 9.99 Å². The third-order valence-electron chi connectivity index (χ3n) is 1.91. The van der Waals surface area contributed by atoms with E-state index in [1.165, 1.54) is 0 Å². The lowest BCUT2D eigenvalue weighted by Gasteiger charge is -2.17. The molecule has 0 unspecified atom stereocenters. The maximum absolute atomic E-state index is 11.4. The SMILES string of the molecule is O=C1CCOc2cc(I)cc(O)c21. The molecule has 0 saturated carbocycles. The molecule has 1 aliphatic rings. The molecule has 0 spiro atoms. The number of hydrogen-bond donors (Lipinski definition) is 1. The summed E-state index contributed by atoms with van der Waals surface area (Å²) in [6.45, 7) is 0.408. The highest BCUT2D eigenvalue weighted by Gasteiger charge is 2.22. The molecule has 0 aromatic heterocycles. The van der Waals surface area contributed by atoms with Crippen LogP contribution in [0.3, 0.4) is 0 Å². The van der Waals surface area contributed by atoms with Crippen molar-refractivity contribution in [2.24, 2.45) is 0 Å². The minimum Gasteiger partial charge on any atom is -0.507 e. The fourth-order valence-corrected chi connectivity index (χ4v) is 1.92. The van der Waals surface area contributed by atoms with E-state index in [2.05, 4.69) is 22.6 Å². The normalized spacial score (nSPS) is 15.0. The van der Waals surface area contributed by atoms with E-state index < -0.39 is 0 Å². The summed E-state index contributed by atoms with van der Waals surface area (Å²) >= 11 is 2.07. The van der Waals surface area contributed by atoms with Crippen LogP contribution in [0.25, 0.3) is 0 Å². The van der Waals surface area contributed by atoms with Crippen LogP contribution < -0.4 is 4.74 Å². The molecule has 68 valence electrons.